The van der Waals surface area contributed by atoms with E-state index in [0.717, 1.165) is 49.9 Å². The van der Waals surface area contributed by atoms with Crippen LogP contribution in [0.25, 0.3) is 0 Å². The highest BCUT2D eigenvalue weighted by atomic mass is 33.1. The largest absolute Gasteiger partial charge is 0.355 e. The maximum absolute atomic E-state index is 13.0. The number of hydrogen-bond donors (Lipinski definition) is 2. The third-order valence-corrected chi connectivity index (χ3v) is 15.2. The first-order valence-electron chi connectivity index (χ1n) is 25.9. The zero-order valence-electron chi connectivity index (χ0n) is 49.3. The number of amides is 12. The normalized spacial score (nSPS) is 11.4. The second kappa shape index (κ2) is 38.3. The van der Waals surface area contributed by atoms with Crippen molar-refractivity contribution in [1.29, 1.82) is 0 Å². The van der Waals surface area contributed by atoms with Crippen LogP contribution >= 0.6 is 21.6 Å². The molecule has 2 atom stereocenters. The summed E-state index contributed by atoms with van der Waals surface area (Å²) in [6, 6.07) is -0.739. The first kappa shape index (κ1) is 75.8. The summed E-state index contributed by atoms with van der Waals surface area (Å²) in [7, 11) is 16.8. The lowest BCUT2D eigenvalue weighted by molar-refractivity contribution is -0.146. The summed E-state index contributed by atoms with van der Waals surface area (Å²) in [5, 5.41) is 5.64. The third kappa shape index (κ3) is 30.3. The molecule has 0 saturated carbocycles. The van der Waals surface area contributed by atoms with Gasteiger partial charge in [-0.15, -0.1) is 0 Å². The number of ketones is 2. The minimum absolute atomic E-state index is 0. The monoisotopic (exact) mass is 1170 g/mol. The van der Waals surface area contributed by atoms with Gasteiger partial charge < -0.3 is 59.6 Å². The molecule has 0 aromatic carbocycles. The predicted octanol–water partition coefficient (Wildman–Crippen LogP) is -1.00. The van der Waals surface area contributed by atoms with Crippen molar-refractivity contribution < 1.29 is 67.1 Å². The summed E-state index contributed by atoms with van der Waals surface area (Å²) < 4.78 is 0. The molecule has 0 spiro atoms. The van der Waals surface area contributed by atoms with E-state index >= 15 is 0 Å². The van der Waals surface area contributed by atoms with E-state index in [0.29, 0.717) is 25.8 Å². The van der Waals surface area contributed by atoms with Crippen molar-refractivity contribution in [3.05, 3.63) is 0 Å². The van der Waals surface area contributed by atoms with Gasteiger partial charge in [-0.1, -0.05) is 63.6 Å². The Hall–Kier alpha value is -6.32. The van der Waals surface area contributed by atoms with Crippen LogP contribution in [0.2, 0.25) is 0 Å². The maximum atomic E-state index is 13.0. The van der Waals surface area contributed by atoms with Gasteiger partial charge in [-0.25, -0.2) is 0 Å². The van der Waals surface area contributed by atoms with E-state index in [-0.39, 0.29) is 73.8 Å². The Morgan fingerprint density at radius 3 is 0.988 bits per heavy atom. The van der Waals surface area contributed by atoms with Crippen LogP contribution in [0.4, 0.5) is 0 Å². The smallest absolute Gasteiger partial charge is 0.242 e. The second-order valence-electron chi connectivity index (χ2n) is 20.4. The molecule has 0 aliphatic carbocycles. The van der Waals surface area contributed by atoms with E-state index in [1.807, 2.05) is 20.8 Å². The summed E-state index contributed by atoms with van der Waals surface area (Å²) in [5.41, 5.74) is 0. The number of Topliss-reactive ketones (excluding diaryl/α,β-unsaturated/α-hetero) is 2. The highest BCUT2D eigenvalue weighted by molar-refractivity contribution is 8.76. The molecular weight excluding hydrogens is 1080 g/mol. The van der Waals surface area contributed by atoms with Gasteiger partial charge >= 0.3 is 0 Å². The quantitative estimate of drug-likeness (QED) is 0.0562. The SMILES string of the molecule is C.CC(CCC(=O)CCCC(=O)N(C)CC(=O)N(C)CC(=O)N(C)CC(=O)N(C)CC(=O)N(C)CC(=O)N(C)CC(=O)N(C)CC(=O)N(C)CC(=O)N(C)CC(=O)N(C)CC(=O)N[C@@H](C)C(=O)C(C)C)SSCCNC(=O)C(C)C. The van der Waals surface area contributed by atoms with E-state index in [9.17, 15) is 67.1 Å². The Labute approximate surface area is 481 Å². The molecule has 456 valence electrons. The number of nitrogens with one attached hydrogen (secondary N) is 2. The summed E-state index contributed by atoms with van der Waals surface area (Å²) in [5.74, 6) is -6.08. The number of rotatable bonds is 36. The molecule has 0 saturated heterocycles. The fourth-order valence-corrected chi connectivity index (χ4v) is 8.87. The molecule has 0 aliphatic heterocycles. The fourth-order valence-electron chi connectivity index (χ4n) is 6.62. The highest BCUT2D eigenvalue weighted by Crippen LogP contribution is 2.29. The first-order valence-corrected chi connectivity index (χ1v) is 28.3. The Kier molecular flexibility index (Phi) is 36.3. The van der Waals surface area contributed by atoms with Crippen LogP contribution in [-0.2, 0) is 67.1 Å². The molecule has 0 fully saturated rings. The number of hydrogen-bond acceptors (Lipinski definition) is 16. The van der Waals surface area contributed by atoms with Gasteiger partial charge in [-0.2, -0.15) is 0 Å². The molecule has 0 aliphatic rings. The zero-order valence-corrected chi connectivity index (χ0v) is 51.0. The van der Waals surface area contributed by atoms with Crippen LogP contribution in [0.1, 0.15) is 81.1 Å². The van der Waals surface area contributed by atoms with Crippen molar-refractivity contribution in [2.75, 3.05) is 148 Å². The predicted molar refractivity (Wildman–Crippen MR) is 306 cm³/mol. The topological polar surface area (TPSA) is 295 Å². The number of carbonyl (C=O) groups excluding carboxylic acids is 14. The standard InChI is InChI=1S/C51H88N12O14S2.CH4/c1-34(2)50(76)37(6)53-39(65)24-54(7)41(67)26-56(9)43(69)28-58(11)45(71)30-60(13)47(73)32-62(15)49(75)33-63(16)48(74)31-61(14)46(72)29-59(12)44(70)27-57(10)42(68)25-55(8)40(66)19-17-18-38(64)21-20-36(5)79-78-23-22-52-51(77)35(3)4;/h34-37H,17-33H2,1-16H3,(H,52,77)(H,53,65);1H4/t36?,37-;/m0./s1. The van der Waals surface area contributed by atoms with Crippen LogP contribution in [0.3, 0.4) is 0 Å². The van der Waals surface area contributed by atoms with Gasteiger partial charge in [0, 0.05) is 119 Å². The van der Waals surface area contributed by atoms with E-state index in [2.05, 4.69) is 10.6 Å². The maximum Gasteiger partial charge on any atom is 0.242 e. The molecule has 0 heterocycles. The lowest BCUT2D eigenvalue weighted by Gasteiger charge is -2.27. The van der Waals surface area contributed by atoms with E-state index < -0.39 is 117 Å². The van der Waals surface area contributed by atoms with Crippen molar-refractivity contribution in [3.8, 4) is 0 Å². The molecule has 0 aromatic heterocycles. The van der Waals surface area contributed by atoms with Crippen molar-refractivity contribution in [3.63, 3.8) is 0 Å². The van der Waals surface area contributed by atoms with Crippen LogP contribution in [0, 0.1) is 11.8 Å². The van der Waals surface area contributed by atoms with Crippen LogP contribution in [0.5, 0.6) is 0 Å². The lowest BCUT2D eigenvalue weighted by Crippen LogP contribution is -2.49. The molecule has 26 nitrogen and oxygen atoms in total. The lowest BCUT2D eigenvalue weighted by atomic mass is 10.0. The molecular formula is C52H92N12O14S2. The van der Waals surface area contributed by atoms with E-state index in [1.54, 1.807) is 42.4 Å². The van der Waals surface area contributed by atoms with Crippen molar-refractivity contribution in [2.24, 2.45) is 11.8 Å². The summed E-state index contributed by atoms with van der Waals surface area (Å²) in [6.07, 6.45) is 1.68. The van der Waals surface area contributed by atoms with Crippen molar-refractivity contribution >= 4 is 104 Å². The number of nitrogens with zero attached hydrogens (tertiary/aromatic N) is 10. The minimum Gasteiger partial charge on any atom is -0.355 e. The third-order valence-electron chi connectivity index (χ3n) is 12.3. The van der Waals surface area contributed by atoms with Gasteiger partial charge in [0.2, 0.25) is 70.9 Å². The molecule has 28 heteroatoms. The fraction of sp³-hybridized carbons (Fsp3) is 0.731. The van der Waals surface area contributed by atoms with Crippen molar-refractivity contribution in [2.45, 2.75) is 92.4 Å². The van der Waals surface area contributed by atoms with Gasteiger partial charge in [0.15, 0.2) is 5.78 Å². The highest BCUT2D eigenvalue weighted by Gasteiger charge is 2.27. The molecule has 2 N–H and O–H groups in total. The average molecular weight is 1170 g/mol. The number of carbonyl (C=O) groups is 14. The Morgan fingerprint density at radius 1 is 0.388 bits per heavy atom. The molecule has 0 radical (unpaired) electrons. The summed E-state index contributed by atoms with van der Waals surface area (Å²) in [6.45, 7) is 6.99. The molecule has 1 unspecified atom stereocenters. The summed E-state index contributed by atoms with van der Waals surface area (Å²) in [4.78, 5) is 189. The van der Waals surface area contributed by atoms with Crippen LogP contribution in [0.15, 0.2) is 0 Å². The van der Waals surface area contributed by atoms with E-state index in [4.69, 9.17) is 0 Å². The van der Waals surface area contributed by atoms with Gasteiger partial charge in [0.1, 0.15) is 5.78 Å². The molecule has 0 bridgehead atoms. The minimum atomic E-state index is -0.739. The van der Waals surface area contributed by atoms with Gasteiger partial charge in [0.05, 0.1) is 71.5 Å². The Bertz CT molecular complexity index is 2170. The Morgan fingerprint density at radius 2 is 0.688 bits per heavy atom. The Balaban J connectivity index is 0. The van der Waals surface area contributed by atoms with Gasteiger partial charge in [-0.3, -0.25) is 67.1 Å². The number of likely N-dealkylation sites (N-methyl/N-ethyl adjacent to an activating group) is 10. The van der Waals surface area contributed by atoms with Crippen LogP contribution in [-0.4, -0.2) is 291 Å². The summed E-state index contributed by atoms with van der Waals surface area (Å²) >= 11 is 0. The second-order valence-corrected chi connectivity index (χ2v) is 23.4. The van der Waals surface area contributed by atoms with E-state index in [1.165, 1.54) is 75.4 Å². The molecule has 0 aromatic rings. The van der Waals surface area contributed by atoms with Crippen molar-refractivity contribution in [1.82, 2.24) is 59.6 Å². The van der Waals surface area contributed by atoms with Gasteiger partial charge in [-0.05, 0) is 19.8 Å². The van der Waals surface area contributed by atoms with Crippen LogP contribution < -0.4 is 10.6 Å². The molecule has 12 amide bonds. The van der Waals surface area contributed by atoms with Gasteiger partial charge in [0.25, 0.3) is 0 Å². The average Bonchev–Trinajstić information content (AvgIpc) is 3.36. The zero-order chi connectivity index (χ0) is 61.0. The first-order chi connectivity index (χ1) is 36.6. The molecule has 80 heavy (non-hydrogen) atoms. The molecule has 0 rings (SSSR count).